The van der Waals surface area contributed by atoms with Gasteiger partial charge in [-0.2, -0.15) is 0 Å². The highest BCUT2D eigenvalue weighted by molar-refractivity contribution is 6.03. The molecule has 4 aromatic heterocycles. The lowest BCUT2D eigenvalue weighted by molar-refractivity contribution is -0.117. The summed E-state index contributed by atoms with van der Waals surface area (Å²) < 4.78 is 7.87. The van der Waals surface area contributed by atoms with Crippen molar-refractivity contribution in [3.05, 3.63) is 36.8 Å². The topological polar surface area (TPSA) is 122 Å². The lowest BCUT2D eigenvalue weighted by atomic mass is 10.1. The Bertz CT molecular complexity index is 1470. The zero-order chi connectivity index (χ0) is 24.2. The number of aromatic nitrogens is 5. The van der Waals surface area contributed by atoms with E-state index in [1.165, 1.54) is 0 Å². The third-order valence-electron chi connectivity index (χ3n) is 7.11. The van der Waals surface area contributed by atoms with Crippen LogP contribution in [0.5, 0.6) is 0 Å². The number of rotatable bonds is 5. The predicted molar refractivity (Wildman–Crippen MR) is 136 cm³/mol. The van der Waals surface area contributed by atoms with Gasteiger partial charge in [0.15, 0.2) is 11.5 Å². The summed E-state index contributed by atoms with van der Waals surface area (Å²) in [4.78, 5) is 28.5. The number of carbonyl (C=O) groups is 1. The maximum atomic E-state index is 12.3. The van der Waals surface area contributed by atoms with Crippen molar-refractivity contribution in [3.8, 4) is 11.4 Å². The second-order valence-electron chi connectivity index (χ2n) is 9.72. The SMILES string of the molecule is CNc1ncc(-c2nc3ccc(N4CC5CNCC(C4)O5)cn3n2)c2cc(NC(=O)C3CC3)ncc12. The van der Waals surface area contributed by atoms with Crippen LogP contribution in [0.15, 0.2) is 36.8 Å². The lowest BCUT2D eigenvalue weighted by Crippen LogP contribution is -2.58. The molecule has 2 bridgehead atoms. The number of hydrogen-bond acceptors (Lipinski definition) is 9. The molecule has 11 nitrogen and oxygen atoms in total. The van der Waals surface area contributed by atoms with Crippen LogP contribution in [-0.4, -0.2) is 75.9 Å². The fourth-order valence-corrected chi connectivity index (χ4v) is 5.09. The van der Waals surface area contributed by atoms with E-state index >= 15 is 0 Å². The Hall–Kier alpha value is -3.83. The van der Waals surface area contributed by atoms with Gasteiger partial charge in [-0.15, -0.1) is 5.10 Å². The summed E-state index contributed by atoms with van der Waals surface area (Å²) in [5.74, 6) is 1.92. The standard InChI is InChI=1S/C25H27N9O2/c1-26-23-19-9-28-21(30-25(35)14-2-3-14)6-18(19)20(10-29-23)24-31-22-5-4-15(11-34(22)32-24)33-12-16-7-27-8-17(13-33)36-16/h4-6,9-11,14,16-17,27H,2-3,7-8,12-13H2,1H3,(H,26,29)(H,28,30,35). The zero-order valence-corrected chi connectivity index (χ0v) is 19.9. The fraction of sp³-hybridized carbons (Fsp3) is 0.400. The third kappa shape index (κ3) is 3.80. The molecular formula is C25H27N9O2. The first-order valence-corrected chi connectivity index (χ1v) is 12.4. The molecule has 2 aliphatic heterocycles. The van der Waals surface area contributed by atoms with E-state index in [0.29, 0.717) is 17.5 Å². The molecule has 3 fully saturated rings. The summed E-state index contributed by atoms with van der Waals surface area (Å²) >= 11 is 0. The maximum Gasteiger partial charge on any atom is 0.228 e. The van der Waals surface area contributed by atoms with Crippen molar-refractivity contribution in [2.24, 2.45) is 5.92 Å². The summed E-state index contributed by atoms with van der Waals surface area (Å²) in [6.45, 7) is 3.45. The molecule has 7 rings (SSSR count). The summed E-state index contributed by atoms with van der Waals surface area (Å²) in [6, 6.07) is 5.97. The van der Waals surface area contributed by atoms with Crippen LogP contribution in [0.4, 0.5) is 17.3 Å². The van der Waals surface area contributed by atoms with Crippen LogP contribution in [-0.2, 0) is 9.53 Å². The van der Waals surface area contributed by atoms with E-state index in [-0.39, 0.29) is 24.0 Å². The van der Waals surface area contributed by atoms with Crippen molar-refractivity contribution in [2.45, 2.75) is 25.0 Å². The largest absolute Gasteiger partial charge is 0.373 e. The van der Waals surface area contributed by atoms with Crippen molar-refractivity contribution in [1.29, 1.82) is 0 Å². The van der Waals surface area contributed by atoms with Crippen LogP contribution in [0.3, 0.4) is 0 Å². The van der Waals surface area contributed by atoms with E-state index in [4.69, 9.17) is 14.8 Å². The molecule has 1 amide bonds. The highest BCUT2D eigenvalue weighted by Crippen LogP contribution is 2.33. The van der Waals surface area contributed by atoms with E-state index in [1.54, 1.807) is 12.4 Å². The second kappa shape index (κ2) is 8.38. The highest BCUT2D eigenvalue weighted by atomic mass is 16.5. The van der Waals surface area contributed by atoms with Crippen molar-refractivity contribution < 1.29 is 9.53 Å². The first kappa shape index (κ1) is 21.5. The molecule has 1 aliphatic carbocycles. The van der Waals surface area contributed by atoms with Crippen LogP contribution in [0.25, 0.3) is 27.8 Å². The molecule has 6 heterocycles. The minimum Gasteiger partial charge on any atom is -0.373 e. The van der Waals surface area contributed by atoms with Gasteiger partial charge in [0.1, 0.15) is 11.6 Å². The van der Waals surface area contributed by atoms with Crippen LogP contribution in [0.2, 0.25) is 0 Å². The Morgan fingerprint density at radius 3 is 2.72 bits per heavy atom. The quantitative estimate of drug-likeness (QED) is 0.389. The molecule has 184 valence electrons. The maximum absolute atomic E-state index is 12.3. The van der Waals surface area contributed by atoms with Crippen LogP contribution < -0.4 is 20.9 Å². The van der Waals surface area contributed by atoms with Crippen molar-refractivity contribution in [1.82, 2.24) is 29.9 Å². The molecule has 4 aromatic rings. The van der Waals surface area contributed by atoms with E-state index in [0.717, 1.165) is 66.7 Å². The van der Waals surface area contributed by atoms with Gasteiger partial charge in [0.25, 0.3) is 0 Å². The number of nitrogens with zero attached hydrogens (tertiary/aromatic N) is 6. The normalized spacial score (nSPS) is 21.6. The molecule has 2 saturated heterocycles. The van der Waals surface area contributed by atoms with Gasteiger partial charge in [0.05, 0.1) is 24.1 Å². The van der Waals surface area contributed by atoms with Gasteiger partial charge in [-0.05, 0) is 31.0 Å². The number of hydrogen-bond donors (Lipinski definition) is 3. The van der Waals surface area contributed by atoms with Crippen LogP contribution >= 0.6 is 0 Å². The van der Waals surface area contributed by atoms with Gasteiger partial charge in [0, 0.05) is 67.9 Å². The Balaban J connectivity index is 1.26. The zero-order valence-electron chi connectivity index (χ0n) is 19.9. The minimum atomic E-state index is 0.0210. The molecule has 36 heavy (non-hydrogen) atoms. The first-order chi connectivity index (χ1) is 17.6. The summed E-state index contributed by atoms with van der Waals surface area (Å²) in [5, 5.41) is 16.0. The van der Waals surface area contributed by atoms with Crippen LogP contribution in [0.1, 0.15) is 12.8 Å². The average Bonchev–Trinajstić information content (AvgIpc) is 3.66. The van der Waals surface area contributed by atoms with Crippen molar-refractivity contribution in [3.63, 3.8) is 0 Å². The van der Waals surface area contributed by atoms with Gasteiger partial charge >= 0.3 is 0 Å². The number of nitrogens with one attached hydrogen (secondary N) is 3. The number of fused-ring (bicyclic) bond motifs is 4. The first-order valence-electron chi connectivity index (χ1n) is 12.4. The number of amides is 1. The Morgan fingerprint density at radius 2 is 1.94 bits per heavy atom. The summed E-state index contributed by atoms with van der Waals surface area (Å²) in [7, 11) is 1.82. The third-order valence-corrected chi connectivity index (χ3v) is 7.11. The predicted octanol–water partition coefficient (Wildman–Crippen LogP) is 1.91. The Morgan fingerprint density at radius 1 is 1.11 bits per heavy atom. The molecule has 0 aromatic carbocycles. The van der Waals surface area contributed by atoms with Gasteiger partial charge in [-0.3, -0.25) is 4.79 Å². The second-order valence-corrected chi connectivity index (χ2v) is 9.72. The molecule has 3 N–H and O–H groups in total. The fourth-order valence-electron chi connectivity index (χ4n) is 5.09. The Kier molecular flexibility index (Phi) is 5.00. The highest BCUT2D eigenvalue weighted by Gasteiger charge is 2.32. The molecule has 11 heteroatoms. The average molecular weight is 486 g/mol. The molecule has 0 spiro atoms. The Labute approximate surface area is 207 Å². The summed E-state index contributed by atoms with van der Waals surface area (Å²) in [5.41, 5.74) is 2.64. The number of anilines is 3. The van der Waals surface area contributed by atoms with Gasteiger partial charge < -0.3 is 25.6 Å². The molecular weight excluding hydrogens is 458 g/mol. The van der Waals surface area contributed by atoms with E-state index < -0.39 is 0 Å². The molecule has 0 radical (unpaired) electrons. The minimum absolute atomic E-state index is 0.0210. The van der Waals surface area contributed by atoms with E-state index in [1.807, 2.05) is 29.9 Å². The number of pyridine rings is 3. The van der Waals surface area contributed by atoms with Gasteiger partial charge in [-0.25, -0.2) is 19.5 Å². The van der Waals surface area contributed by atoms with Crippen molar-refractivity contribution in [2.75, 3.05) is 48.8 Å². The number of ether oxygens (including phenoxy) is 1. The molecule has 2 atom stereocenters. The summed E-state index contributed by atoms with van der Waals surface area (Å²) in [6.07, 6.45) is 7.81. The van der Waals surface area contributed by atoms with Crippen molar-refractivity contribution >= 4 is 39.6 Å². The molecule has 1 saturated carbocycles. The van der Waals surface area contributed by atoms with Gasteiger partial charge in [-0.1, -0.05) is 0 Å². The van der Waals surface area contributed by atoms with E-state index in [9.17, 15) is 4.79 Å². The van der Waals surface area contributed by atoms with E-state index in [2.05, 4.69) is 36.9 Å². The van der Waals surface area contributed by atoms with Crippen LogP contribution in [0, 0.1) is 5.92 Å². The number of carbonyl (C=O) groups excluding carboxylic acids is 1. The smallest absolute Gasteiger partial charge is 0.228 e. The number of morpholine rings is 2. The monoisotopic (exact) mass is 485 g/mol. The van der Waals surface area contributed by atoms with Gasteiger partial charge in [0.2, 0.25) is 5.91 Å². The lowest BCUT2D eigenvalue weighted by Gasteiger charge is -2.42. The molecule has 2 unspecified atom stereocenters. The molecule has 3 aliphatic rings.